The SMILES string of the molecule is O=C(N[C@H](CO)c1ccccc1)c1ccc(F)cc1[N+](=O)[O-]. The van der Waals surface area contributed by atoms with E-state index in [1.54, 1.807) is 30.3 Å². The Labute approximate surface area is 125 Å². The minimum absolute atomic E-state index is 0.263. The third-order valence-corrected chi connectivity index (χ3v) is 3.09. The van der Waals surface area contributed by atoms with Gasteiger partial charge in [0.15, 0.2) is 0 Å². The molecule has 0 bridgehead atoms. The van der Waals surface area contributed by atoms with Crippen molar-refractivity contribution >= 4 is 11.6 Å². The lowest BCUT2D eigenvalue weighted by Gasteiger charge is -2.16. The molecule has 0 aliphatic rings. The number of nitrogens with zero attached hydrogens (tertiary/aromatic N) is 1. The summed E-state index contributed by atoms with van der Waals surface area (Å²) in [5.41, 5.74) is -0.230. The Morgan fingerprint density at radius 2 is 1.95 bits per heavy atom. The van der Waals surface area contributed by atoms with Crippen molar-refractivity contribution < 1.29 is 19.2 Å². The first kappa shape index (κ1) is 15.6. The maximum atomic E-state index is 13.1. The standard InChI is InChI=1S/C15H13FN2O4/c16-11-6-7-12(14(8-11)18(21)22)15(20)17-13(9-19)10-4-2-1-3-5-10/h1-8,13,19H,9H2,(H,17,20)/t13-/m1/s1. The molecule has 2 N–H and O–H groups in total. The van der Waals surface area contributed by atoms with Crippen molar-refractivity contribution in [2.24, 2.45) is 0 Å². The lowest BCUT2D eigenvalue weighted by Crippen LogP contribution is -2.31. The molecule has 0 radical (unpaired) electrons. The van der Waals surface area contributed by atoms with Crippen molar-refractivity contribution in [2.75, 3.05) is 6.61 Å². The topological polar surface area (TPSA) is 92.5 Å². The molecule has 0 spiro atoms. The number of halogens is 1. The van der Waals surface area contributed by atoms with E-state index in [0.717, 1.165) is 12.1 Å². The number of amides is 1. The van der Waals surface area contributed by atoms with Crippen LogP contribution in [0.2, 0.25) is 0 Å². The molecule has 0 aliphatic heterocycles. The molecule has 2 rings (SSSR count). The van der Waals surface area contributed by atoms with Crippen LogP contribution in [-0.2, 0) is 0 Å². The van der Waals surface area contributed by atoms with Gasteiger partial charge in [0.25, 0.3) is 11.6 Å². The molecule has 0 saturated carbocycles. The van der Waals surface area contributed by atoms with E-state index in [9.17, 15) is 24.4 Å². The minimum Gasteiger partial charge on any atom is -0.394 e. The van der Waals surface area contributed by atoms with Crippen LogP contribution in [0.5, 0.6) is 0 Å². The highest BCUT2D eigenvalue weighted by molar-refractivity contribution is 5.98. The van der Waals surface area contributed by atoms with Gasteiger partial charge in [0.2, 0.25) is 0 Å². The quantitative estimate of drug-likeness (QED) is 0.654. The van der Waals surface area contributed by atoms with Crippen LogP contribution in [0.25, 0.3) is 0 Å². The fourth-order valence-corrected chi connectivity index (χ4v) is 2.00. The molecule has 0 saturated heterocycles. The molecule has 6 nitrogen and oxygen atoms in total. The zero-order valence-electron chi connectivity index (χ0n) is 11.4. The van der Waals surface area contributed by atoms with E-state index < -0.39 is 28.4 Å². The maximum absolute atomic E-state index is 13.1. The van der Waals surface area contributed by atoms with Crippen molar-refractivity contribution in [1.29, 1.82) is 0 Å². The molecule has 7 heteroatoms. The van der Waals surface area contributed by atoms with Gasteiger partial charge in [0.1, 0.15) is 11.4 Å². The van der Waals surface area contributed by atoms with Crippen LogP contribution in [0, 0.1) is 15.9 Å². The summed E-state index contributed by atoms with van der Waals surface area (Å²) in [7, 11) is 0. The molecule has 1 amide bonds. The van der Waals surface area contributed by atoms with Crippen molar-refractivity contribution in [1.82, 2.24) is 5.32 Å². The second kappa shape index (κ2) is 6.77. The molecule has 0 unspecified atom stereocenters. The number of benzene rings is 2. The van der Waals surface area contributed by atoms with Gasteiger partial charge in [-0.1, -0.05) is 30.3 Å². The van der Waals surface area contributed by atoms with Gasteiger partial charge < -0.3 is 10.4 Å². The van der Waals surface area contributed by atoms with Gasteiger partial charge in [0, 0.05) is 0 Å². The summed E-state index contributed by atoms with van der Waals surface area (Å²) >= 11 is 0. The number of nitro groups is 1. The van der Waals surface area contributed by atoms with Gasteiger partial charge in [-0.25, -0.2) is 4.39 Å². The van der Waals surface area contributed by atoms with Crippen LogP contribution < -0.4 is 5.32 Å². The van der Waals surface area contributed by atoms with Gasteiger partial charge in [-0.3, -0.25) is 14.9 Å². The third kappa shape index (κ3) is 3.44. The summed E-state index contributed by atoms with van der Waals surface area (Å²) in [5.74, 6) is -1.56. The van der Waals surface area contributed by atoms with Gasteiger partial charge in [-0.2, -0.15) is 0 Å². The predicted molar refractivity (Wildman–Crippen MR) is 76.8 cm³/mol. The molecule has 22 heavy (non-hydrogen) atoms. The zero-order chi connectivity index (χ0) is 16.1. The molecule has 0 heterocycles. The number of hydrogen-bond acceptors (Lipinski definition) is 4. The number of carbonyl (C=O) groups is 1. The smallest absolute Gasteiger partial charge is 0.285 e. The van der Waals surface area contributed by atoms with Gasteiger partial charge in [-0.15, -0.1) is 0 Å². The Morgan fingerprint density at radius 3 is 2.55 bits per heavy atom. The number of hydrogen-bond donors (Lipinski definition) is 2. The highest BCUT2D eigenvalue weighted by Crippen LogP contribution is 2.21. The first-order chi connectivity index (χ1) is 10.5. The van der Waals surface area contributed by atoms with E-state index in [-0.39, 0.29) is 12.2 Å². The van der Waals surface area contributed by atoms with Gasteiger partial charge in [-0.05, 0) is 17.7 Å². The number of nitro benzene ring substituents is 1. The lowest BCUT2D eigenvalue weighted by atomic mass is 10.1. The van der Waals surface area contributed by atoms with Gasteiger partial charge in [0.05, 0.1) is 23.6 Å². The van der Waals surface area contributed by atoms with Crippen molar-refractivity contribution in [3.05, 3.63) is 75.6 Å². The largest absolute Gasteiger partial charge is 0.394 e. The van der Waals surface area contributed by atoms with Crippen molar-refractivity contribution in [3.63, 3.8) is 0 Å². The van der Waals surface area contributed by atoms with Crippen molar-refractivity contribution in [2.45, 2.75) is 6.04 Å². The second-order valence-electron chi connectivity index (χ2n) is 4.54. The normalized spacial score (nSPS) is 11.7. The maximum Gasteiger partial charge on any atom is 0.285 e. The third-order valence-electron chi connectivity index (χ3n) is 3.09. The van der Waals surface area contributed by atoms with Crippen LogP contribution in [0.1, 0.15) is 22.0 Å². The van der Waals surface area contributed by atoms with E-state index in [1.807, 2.05) is 0 Å². The van der Waals surface area contributed by atoms with E-state index in [4.69, 9.17) is 0 Å². The summed E-state index contributed by atoms with van der Waals surface area (Å²) in [4.78, 5) is 22.3. The number of rotatable bonds is 5. The molecule has 0 fully saturated rings. The molecule has 2 aromatic carbocycles. The Morgan fingerprint density at radius 1 is 1.27 bits per heavy atom. The van der Waals surface area contributed by atoms with Crippen LogP contribution >= 0.6 is 0 Å². The highest BCUT2D eigenvalue weighted by atomic mass is 19.1. The van der Waals surface area contributed by atoms with Crippen LogP contribution in [0.3, 0.4) is 0 Å². The average Bonchev–Trinajstić information content (AvgIpc) is 2.53. The lowest BCUT2D eigenvalue weighted by molar-refractivity contribution is -0.385. The van der Waals surface area contributed by atoms with Crippen LogP contribution in [-0.4, -0.2) is 22.5 Å². The minimum atomic E-state index is -0.825. The number of aliphatic hydroxyl groups excluding tert-OH is 1. The summed E-state index contributed by atoms with van der Waals surface area (Å²) in [6.07, 6.45) is 0. The molecular formula is C15H13FN2O4. The molecule has 2 aromatic rings. The predicted octanol–water partition coefficient (Wildman–Crippen LogP) is 2.20. The molecular weight excluding hydrogens is 291 g/mol. The van der Waals surface area contributed by atoms with E-state index in [0.29, 0.717) is 11.6 Å². The summed E-state index contributed by atoms with van der Waals surface area (Å²) in [6.45, 7) is -0.370. The average molecular weight is 304 g/mol. The Bertz CT molecular complexity index is 691. The first-order valence-electron chi connectivity index (χ1n) is 6.43. The summed E-state index contributed by atoms with van der Waals surface area (Å²) in [5, 5.41) is 22.8. The van der Waals surface area contributed by atoms with E-state index in [1.165, 1.54) is 0 Å². The van der Waals surface area contributed by atoms with E-state index in [2.05, 4.69) is 5.32 Å². The first-order valence-corrected chi connectivity index (χ1v) is 6.43. The Balaban J connectivity index is 2.27. The summed E-state index contributed by atoms with van der Waals surface area (Å²) in [6, 6.07) is 10.7. The number of nitrogens with one attached hydrogen (secondary N) is 1. The van der Waals surface area contributed by atoms with Crippen LogP contribution in [0.4, 0.5) is 10.1 Å². The Kier molecular flexibility index (Phi) is 4.80. The molecule has 0 aliphatic carbocycles. The monoisotopic (exact) mass is 304 g/mol. The van der Waals surface area contributed by atoms with E-state index >= 15 is 0 Å². The fourth-order valence-electron chi connectivity index (χ4n) is 2.00. The molecule has 114 valence electrons. The molecule has 1 atom stereocenters. The van der Waals surface area contributed by atoms with Gasteiger partial charge >= 0.3 is 0 Å². The number of aliphatic hydroxyl groups is 1. The van der Waals surface area contributed by atoms with Crippen molar-refractivity contribution in [3.8, 4) is 0 Å². The summed E-state index contributed by atoms with van der Waals surface area (Å²) < 4.78 is 13.1. The zero-order valence-corrected chi connectivity index (χ0v) is 11.4. The number of carbonyl (C=O) groups excluding carboxylic acids is 1. The fraction of sp³-hybridized carbons (Fsp3) is 0.133. The Hall–Kier alpha value is -2.80. The highest BCUT2D eigenvalue weighted by Gasteiger charge is 2.23. The second-order valence-corrected chi connectivity index (χ2v) is 4.54. The van der Waals surface area contributed by atoms with Crippen LogP contribution in [0.15, 0.2) is 48.5 Å². The molecule has 0 aromatic heterocycles.